The molecule has 2 amide bonds. The molecule has 1 atom stereocenters. The molecule has 0 bridgehead atoms. The Kier molecular flexibility index (Phi) is 8.37. The van der Waals surface area contributed by atoms with Crippen molar-refractivity contribution in [2.45, 2.75) is 31.6 Å². The van der Waals surface area contributed by atoms with E-state index in [4.69, 9.17) is 0 Å². The molecule has 1 heterocycles. The summed E-state index contributed by atoms with van der Waals surface area (Å²) in [5.74, 6) is -0.229. The van der Waals surface area contributed by atoms with Crippen molar-refractivity contribution >= 4 is 29.3 Å². The van der Waals surface area contributed by atoms with Gasteiger partial charge in [-0.25, -0.2) is 4.39 Å². The van der Waals surface area contributed by atoms with Gasteiger partial charge >= 0.3 is 0 Å². The SMILES string of the molecule is C=CCn1c(SCC(=O)Nc2cccc(F)c2)nnc1[C@@H](NC(=O)c1ccccc1)C(C)C. The number of benzene rings is 2. The first-order valence-electron chi connectivity index (χ1n) is 10.5. The van der Waals surface area contributed by atoms with E-state index in [2.05, 4.69) is 27.4 Å². The number of aromatic nitrogens is 3. The van der Waals surface area contributed by atoms with Gasteiger partial charge in [-0.05, 0) is 36.2 Å². The maximum absolute atomic E-state index is 13.3. The number of amides is 2. The fraction of sp³-hybridized carbons (Fsp3) is 0.250. The highest BCUT2D eigenvalue weighted by Crippen LogP contribution is 2.26. The fourth-order valence-corrected chi connectivity index (χ4v) is 3.93. The summed E-state index contributed by atoms with van der Waals surface area (Å²) in [4.78, 5) is 25.1. The Hall–Kier alpha value is -3.46. The van der Waals surface area contributed by atoms with Crippen molar-refractivity contribution in [1.82, 2.24) is 20.1 Å². The minimum Gasteiger partial charge on any atom is -0.342 e. The van der Waals surface area contributed by atoms with E-state index < -0.39 is 5.82 Å². The quantitative estimate of drug-likeness (QED) is 0.339. The van der Waals surface area contributed by atoms with Crippen molar-refractivity contribution in [2.75, 3.05) is 11.1 Å². The predicted molar refractivity (Wildman–Crippen MR) is 127 cm³/mol. The van der Waals surface area contributed by atoms with Crippen molar-refractivity contribution in [1.29, 1.82) is 0 Å². The van der Waals surface area contributed by atoms with Gasteiger partial charge in [0.05, 0.1) is 11.8 Å². The zero-order chi connectivity index (χ0) is 23.8. The second-order valence-corrected chi connectivity index (χ2v) is 8.59. The van der Waals surface area contributed by atoms with Gasteiger partial charge < -0.3 is 15.2 Å². The zero-order valence-corrected chi connectivity index (χ0v) is 19.3. The second kappa shape index (κ2) is 11.4. The molecule has 2 N–H and O–H groups in total. The van der Waals surface area contributed by atoms with E-state index in [-0.39, 0.29) is 29.5 Å². The third-order valence-electron chi connectivity index (χ3n) is 4.77. The molecule has 7 nitrogen and oxygen atoms in total. The Balaban J connectivity index is 1.74. The number of carbonyl (C=O) groups is 2. The number of allylic oxidation sites excluding steroid dienone is 1. The lowest BCUT2D eigenvalue weighted by Crippen LogP contribution is -2.33. The van der Waals surface area contributed by atoms with Gasteiger partial charge in [0, 0.05) is 17.8 Å². The summed E-state index contributed by atoms with van der Waals surface area (Å²) < 4.78 is 15.2. The molecule has 0 radical (unpaired) electrons. The number of nitrogens with zero attached hydrogens (tertiary/aromatic N) is 3. The molecule has 33 heavy (non-hydrogen) atoms. The van der Waals surface area contributed by atoms with Gasteiger partial charge in [0.1, 0.15) is 5.82 Å². The summed E-state index contributed by atoms with van der Waals surface area (Å²) in [7, 11) is 0. The van der Waals surface area contributed by atoms with Gasteiger partial charge in [-0.1, -0.05) is 56.0 Å². The van der Waals surface area contributed by atoms with Crippen LogP contribution in [-0.4, -0.2) is 32.3 Å². The third kappa shape index (κ3) is 6.52. The molecule has 0 fully saturated rings. The van der Waals surface area contributed by atoms with Crippen molar-refractivity contribution < 1.29 is 14.0 Å². The minimum atomic E-state index is -0.423. The number of anilines is 1. The number of halogens is 1. The van der Waals surface area contributed by atoms with Crippen LogP contribution >= 0.6 is 11.8 Å². The largest absolute Gasteiger partial charge is 0.342 e. The van der Waals surface area contributed by atoms with E-state index in [1.807, 2.05) is 36.6 Å². The summed E-state index contributed by atoms with van der Waals surface area (Å²) >= 11 is 1.21. The lowest BCUT2D eigenvalue weighted by Gasteiger charge is -2.22. The van der Waals surface area contributed by atoms with Crippen LogP contribution in [0.2, 0.25) is 0 Å². The second-order valence-electron chi connectivity index (χ2n) is 7.65. The highest BCUT2D eigenvalue weighted by molar-refractivity contribution is 7.99. The van der Waals surface area contributed by atoms with Gasteiger partial charge in [0.15, 0.2) is 11.0 Å². The third-order valence-corrected chi connectivity index (χ3v) is 5.73. The molecule has 0 aliphatic carbocycles. The molecule has 0 saturated carbocycles. The molecule has 0 aliphatic heterocycles. The van der Waals surface area contributed by atoms with Crippen LogP contribution in [0.4, 0.5) is 10.1 Å². The summed E-state index contributed by atoms with van der Waals surface area (Å²) in [6.45, 7) is 8.20. The van der Waals surface area contributed by atoms with Crippen LogP contribution in [0.3, 0.4) is 0 Å². The normalized spacial score (nSPS) is 11.8. The van der Waals surface area contributed by atoms with Crippen molar-refractivity contribution in [3.05, 3.63) is 84.5 Å². The van der Waals surface area contributed by atoms with E-state index in [0.29, 0.717) is 28.8 Å². The molecule has 9 heteroatoms. The Morgan fingerprint density at radius 3 is 2.58 bits per heavy atom. The van der Waals surface area contributed by atoms with Crippen LogP contribution in [0.25, 0.3) is 0 Å². The van der Waals surface area contributed by atoms with Crippen LogP contribution < -0.4 is 10.6 Å². The Morgan fingerprint density at radius 2 is 1.91 bits per heavy atom. The van der Waals surface area contributed by atoms with E-state index in [0.717, 1.165) is 0 Å². The molecule has 0 unspecified atom stereocenters. The molecule has 0 saturated heterocycles. The maximum Gasteiger partial charge on any atom is 0.251 e. The lowest BCUT2D eigenvalue weighted by molar-refractivity contribution is -0.113. The van der Waals surface area contributed by atoms with Crippen molar-refractivity contribution in [2.24, 2.45) is 5.92 Å². The molecule has 2 aromatic carbocycles. The molecule has 0 aliphatic rings. The summed E-state index contributed by atoms with van der Waals surface area (Å²) in [5.41, 5.74) is 0.943. The van der Waals surface area contributed by atoms with Crippen LogP contribution in [0.5, 0.6) is 0 Å². The van der Waals surface area contributed by atoms with Crippen LogP contribution in [-0.2, 0) is 11.3 Å². The van der Waals surface area contributed by atoms with E-state index in [1.165, 1.54) is 30.0 Å². The van der Waals surface area contributed by atoms with Gasteiger partial charge in [-0.3, -0.25) is 9.59 Å². The number of nitrogens with one attached hydrogen (secondary N) is 2. The van der Waals surface area contributed by atoms with Crippen molar-refractivity contribution in [3.63, 3.8) is 0 Å². The molecular weight excluding hydrogens is 441 g/mol. The Morgan fingerprint density at radius 1 is 1.15 bits per heavy atom. The molecule has 3 aromatic rings. The minimum absolute atomic E-state index is 0.0413. The molecule has 0 spiro atoms. The summed E-state index contributed by atoms with van der Waals surface area (Å²) in [6, 6.07) is 14.3. The Bertz CT molecular complexity index is 1120. The molecular formula is C24H26FN5O2S. The van der Waals surface area contributed by atoms with E-state index >= 15 is 0 Å². The van der Waals surface area contributed by atoms with Gasteiger partial charge in [0.2, 0.25) is 5.91 Å². The standard InChI is InChI=1S/C24H26FN5O2S/c1-4-13-30-22(21(16(2)3)27-23(32)17-9-6-5-7-10-17)28-29-24(30)33-15-20(31)26-19-12-8-11-18(25)14-19/h4-12,14,16,21H,1,13,15H2,2-3H3,(H,26,31)(H,27,32)/t21-/m0/s1. The number of rotatable bonds is 10. The van der Waals surface area contributed by atoms with Gasteiger partial charge in [-0.15, -0.1) is 16.8 Å². The monoisotopic (exact) mass is 467 g/mol. The first-order chi connectivity index (χ1) is 15.9. The molecule has 3 rings (SSSR count). The van der Waals surface area contributed by atoms with Crippen LogP contribution in [0, 0.1) is 11.7 Å². The fourth-order valence-electron chi connectivity index (χ4n) is 3.17. The smallest absolute Gasteiger partial charge is 0.251 e. The summed E-state index contributed by atoms with van der Waals surface area (Å²) in [6.07, 6.45) is 1.71. The average molecular weight is 468 g/mol. The molecule has 172 valence electrons. The number of hydrogen-bond donors (Lipinski definition) is 2. The molecule has 1 aromatic heterocycles. The average Bonchev–Trinajstić information content (AvgIpc) is 3.18. The van der Waals surface area contributed by atoms with Crippen LogP contribution in [0.1, 0.15) is 36.1 Å². The zero-order valence-electron chi connectivity index (χ0n) is 18.5. The van der Waals surface area contributed by atoms with Crippen molar-refractivity contribution in [3.8, 4) is 0 Å². The van der Waals surface area contributed by atoms with Crippen LogP contribution in [0.15, 0.2) is 72.4 Å². The topological polar surface area (TPSA) is 88.9 Å². The van der Waals surface area contributed by atoms with E-state index in [1.54, 1.807) is 24.3 Å². The Labute approximate surface area is 196 Å². The first-order valence-corrected chi connectivity index (χ1v) is 11.5. The number of carbonyl (C=O) groups excluding carboxylic acids is 2. The van der Waals surface area contributed by atoms with Gasteiger partial charge in [0.25, 0.3) is 5.91 Å². The first kappa shape index (κ1) is 24.2. The maximum atomic E-state index is 13.3. The van der Waals surface area contributed by atoms with Gasteiger partial charge in [-0.2, -0.15) is 0 Å². The van der Waals surface area contributed by atoms with E-state index in [9.17, 15) is 14.0 Å². The highest BCUT2D eigenvalue weighted by Gasteiger charge is 2.26. The lowest BCUT2D eigenvalue weighted by atomic mass is 10.0. The summed E-state index contributed by atoms with van der Waals surface area (Å²) in [5, 5.41) is 14.8. The number of hydrogen-bond acceptors (Lipinski definition) is 5. The number of thioether (sulfide) groups is 1. The highest BCUT2D eigenvalue weighted by atomic mass is 32.2. The predicted octanol–water partition coefficient (Wildman–Crippen LogP) is 4.46.